The van der Waals surface area contributed by atoms with Crippen LogP contribution in [0.3, 0.4) is 0 Å². The van der Waals surface area contributed by atoms with Crippen LogP contribution in [0.5, 0.6) is 0 Å². The van der Waals surface area contributed by atoms with E-state index < -0.39 is 0 Å². The van der Waals surface area contributed by atoms with Crippen molar-refractivity contribution < 1.29 is 9.53 Å². The number of carbonyl (C=O) groups is 1. The Balaban J connectivity index is 2.02. The molecule has 2 aliphatic rings. The van der Waals surface area contributed by atoms with Crippen molar-refractivity contribution in [2.75, 3.05) is 33.9 Å². The first-order valence-electron chi connectivity index (χ1n) is 7.67. The Hall–Kier alpha value is -0.610. The second kappa shape index (κ2) is 6.71. The summed E-state index contributed by atoms with van der Waals surface area (Å²) in [5.41, 5.74) is -0.119. The van der Waals surface area contributed by atoms with Crippen molar-refractivity contribution in [2.24, 2.45) is 5.41 Å². The first-order valence-corrected chi connectivity index (χ1v) is 7.67. The molecular weight excluding hydrogens is 240 g/mol. The molecule has 2 rings (SSSR count). The highest BCUT2D eigenvalue weighted by atomic mass is 16.5. The largest absolute Gasteiger partial charge is 0.385 e. The van der Waals surface area contributed by atoms with E-state index in [0.717, 1.165) is 38.8 Å². The Morgan fingerprint density at radius 3 is 2.74 bits per heavy atom. The molecule has 1 unspecified atom stereocenters. The van der Waals surface area contributed by atoms with Gasteiger partial charge in [-0.2, -0.15) is 0 Å². The minimum atomic E-state index is -0.119. The third-order valence-electron chi connectivity index (χ3n) is 4.92. The van der Waals surface area contributed by atoms with Crippen LogP contribution >= 0.6 is 0 Å². The number of nitrogens with zero attached hydrogens (tertiary/aromatic N) is 1. The van der Waals surface area contributed by atoms with Crippen LogP contribution in [-0.2, 0) is 9.53 Å². The normalized spacial score (nSPS) is 26.6. The predicted molar refractivity (Wildman–Crippen MR) is 76.1 cm³/mol. The van der Waals surface area contributed by atoms with E-state index in [2.05, 4.69) is 10.2 Å². The molecule has 19 heavy (non-hydrogen) atoms. The molecule has 1 saturated heterocycles. The van der Waals surface area contributed by atoms with Crippen molar-refractivity contribution in [3.05, 3.63) is 0 Å². The zero-order valence-electron chi connectivity index (χ0n) is 12.4. The van der Waals surface area contributed by atoms with Gasteiger partial charge in [-0.25, -0.2) is 0 Å². The lowest BCUT2D eigenvalue weighted by atomic mass is 9.81. The fourth-order valence-corrected chi connectivity index (χ4v) is 3.65. The van der Waals surface area contributed by atoms with Gasteiger partial charge >= 0.3 is 0 Å². The van der Waals surface area contributed by atoms with Gasteiger partial charge in [0.15, 0.2) is 0 Å². The van der Waals surface area contributed by atoms with Crippen LogP contribution in [0.4, 0.5) is 0 Å². The van der Waals surface area contributed by atoms with E-state index in [9.17, 15) is 4.79 Å². The highest BCUT2D eigenvalue weighted by Gasteiger charge is 2.43. The number of rotatable bonds is 5. The molecule has 1 atom stereocenters. The Kier molecular flexibility index (Phi) is 5.22. The number of piperidine rings is 1. The zero-order chi connectivity index (χ0) is 13.7. The fraction of sp³-hybridized carbons (Fsp3) is 0.933. The second-order valence-corrected chi connectivity index (χ2v) is 6.11. The summed E-state index contributed by atoms with van der Waals surface area (Å²) < 4.78 is 5.23. The molecule has 0 aromatic rings. The lowest BCUT2D eigenvalue weighted by Crippen LogP contribution is -2.51. The molecular formula is C15H28N2O2. The molecule has 1 aliphatic heterocycles. The summed E-state index contributed by atoms with van der Waals surface area (Å²) in [6.07, 6.45) is 7.69. The molecule has 1 saturated carbocycles. The van der Waals surface area contributed by atoms with Crippen molar-refractivity contribution in [2.45, 2.75) is 51.0 Å². The number of hydrogen-bond acceptors (Lipinski definition) is 3. The molecule has 2 fully saturated rings. The van der Waals surface area contributed by atoms with E-state index >= 15 is 0 Å². The first-order chi connectivity index (χ1) is 9.22. The number of methoxy groups -OCH3 is 1. The first kappa shape index (κ1) is 14.8. The molecule has 1 amide bonds. The summed E-state index contributed by atoms with van der Waals surface area (Å²) in [5.74, 6) is 0.391. The lowest BCUT2D eigenvalue weighted by Gasteiger charge is -2.39. The standard InChI is InChI=1S/C15H28N2O2/c1-16-13-6-5-10-17(12-13)14(18)15(9-11-19-2)7-3-4-8-15/h13,16H,3-12H2,1-2H3. The van der Waals surface area contributed by atoms with Crippen LogP contribution in [0.15, 0.2) is 0 Å². The molecule has 0 aromatic heterocycles. The Morgan fingerprint density at radius 2 is 2.11 bits per heavy atom. The average Bonchev–Trinajstić information content (AvgIpc) is 2.94. The van der Waals surface area contributed by atoms with Gasteiger partial charge in [0.1, 0.15) is 0 Å². The molecule has 1 N–H and O–H groups in total. The number of likely N-dealkylation sites (N-methyl/N-ethyl adjacent to an activating group) is 1. The van der Waals surface area contributed by atoms with E-state index in [0.29, 0.717) is 18.6 Å². The monoisotopic (exact) mass is 268 g/mol. The van der Waals surface area contributed by atoms with E-state index in [4.69, 9.17) is 4.74 Å². The van der Waals surface area contributed by atoms with Crippen molar-refractivity contribution in [1.82, 2.24) is 10.2 Å². The molecule has 4 nitrogen and oxygen atoms in total. The van der Waals surface area contributed by atoms with E-state index in [1.165, 1.54) is 19.3 Å². The quantitative estimate of drug-likeness (QED) is 0.826. The SMILES string of the molecule is CNC1CCCN(C(=O)C2(CCOC)CCCC2)C1. The summed E-state index contributed by atoms with van der Waals surface area (Å²) >= 11 is 0. The highest BCUT2D eigenvalue weighted by Crippen LogP contribution is 2.43. The zero-order valence-corrected chi connectivity index (χ0v) is 12.4. The Morgan fingerprint density at radius 1 is 1.37 bits per heavy atom. The topological polar surface area (TPSA) is 41.6 Å². The van der Waals surface area contributed by atoms with Gasteiger partial charge in [0.2, 0.25) is 5.91 Å². The van der Waals surface area contributed by atoms with Gasteiger partial charge in [0.25, 0.3) is 0 Å². The van der Waals surface area contributed by atoms with Crippen LogP contribution < -0.4 is 5.32 Å². The molecule has 1 heterocycles. The average molecular weight is 268 g/mol. The van der Waals surface area contributed by atoms with Gasteiger partial charge in [0.05, 0.1) is 5.41 Å². The smallest absolute Gasteiger partial charge is 0.228 e. The van der Waals surface area contributed by atoms with Gasteiger partial charge in [-0.15, -0.1) is 0 Å². The molecule has 0 aromatic carbocycles. The molecule has 0 spiro atoms. The van der Waals surface area contributed by atoms with E-state index in [1.807, 2.05) is 7.05 Å². The van der Waals surface area contributed by atoms with Crippen LogP contribution in [0.2, 0.25) is 0 Å². The summed E-state index contributed by atoms with van der Waals surface area (Å²) in [4.78, 5) is 15.0. The number of hydrogen-bond donors (Lipinski definition) is 1. The van der Waals surface area contributed by atoms with Gasteiger partial charge in [-0.3, -0.25) is 4.79 Å². The van der Waals surface area contributed by atoms with E-state index in [-0.39, 0.29) is 5.41 Å². The molecule has 110 valence electrons. The summed E-state index contributed by atoms with van der Waals surface area (Å²) in [6, 6.07) is 0.471. The minimum Gasteiger partial charge on any atom is -0.385 e. The number of carbonyl (C=O) groups excluding carboxylic acids is 1. The minimum absolute atomic E-state index is 0.119. The van der Waals surface area contributed by atoms with Crippen LogP contribution in [0.25, 0.3) is 0 Å². The summed E-state index contributed by atoms with van der Waals surface area (Å²) in [6.45, 7) is 2.52. The Labute approximate surface area is 116 Å². The predicted octanol–water partition coefficient (Wildman–Crippen LogP) is 1.79. The maximum absolute atomic E-state index is 12.9. The maximum atomic E-state index is 12.9. The summed E-state index contributed by atoms with van der Waals surface area (Å²) in [7, 11) is 3.72. The highest BCUT2D eigenvalue weighted by molar-refractivity contribution is 5.83. The molecule has 0 bridgehead atoms. The van der Waals surface area contributed by atoms with Crippen LogP contribution in [0, 0.1) is 5.41 Å². The van der Waals surface area contributed by atoms with Gasteiger partial charge in [-0.1, -0.05) is 12.8 Å². The lowest BCUT2D eigenvalue weighted by molar-refractivity contribution is -0.144. The molecule has 1 aliphatic carbocycles. The second-order valence-electron chi connectivity index (χ2n) is 6.11. The van der Waals surface area contributed by atoms with Crippen molar-refractivity contribution >= 4 is 5.91 Å². The summed E-state index contributed by atoms with van der Waals surface area (Å²) in [5, 5.41) is 3.32. The van der Waals surface area contributed by atoms with Crippen molar-refractivity contribution in [3.8, 4) is 0 Å². The Bertz CT molecular complexity index is 301. The number of likely N-dealkylation sites (tertiary alicyclic amines) is 1. The number of ether oxygens (including phenoxy) is 1. The van der Waals surface area contributed by atoms with Gasteiger partial charge < -0.3 is 15.0 Å². The molecule has 0 radical (unpaired) electrons. The van der Waals surface area contributed by atoms with E-state index in [1.54, 1.807) is 7.11 Å². The van der Waals surface area contributed by atoms with Gasteiger partial charge in [0, 0.05) is 32.8 Å². The third-order valence-corrected chi connectivity index (χ3v) is 4.92. The van der Waals surface area contributed by atoms with Crippen LogP contribution in [-0.4, -0.2) is 50.7 Å². The molecule has 4 heteroatoms. The third kappa shape index (κ3) is 3.29. The number of amides is 1. The van der Waals surface area contributed by atoms with Gasteiger partial charge in [-0.05, 0) is 39.2 Å². The number of nitrogens with one attached hydrogen (secondary N) is 1. The van der Waals surface area contributed by atoms with Crippen molar-refractivity contribution in [3.63, 3.8) is 0 Å². The fourth-order valence-electron chi connectivity index (χ4n) is 3.65. The maximum Gasteiger partial charge on any atom is 0.228 e. The van der Waals surface area contributed by atoms with Crippen LogP contribution in [0.1, 0.15) is 44.9 Å². The van der Waals surface area contributed by atoms with Crippen molar-refractivity contribution in [1.29, 1.82) is 0 Å².